The minimum atomic E-state index is -0.275. The van der Waals surface area contributed by atoms with Crippen LogP contribution in [0.2, 0.25) is 0 Å². The van der Waals surface area contributed by atoms with E-state index in [0.717, 1.165) is 5.56 Å². The van der Waals surface area contributed by atoms with Crippen LogP contribution in [0.15, 0.2) is 42.7 Å². The zero-order valence-electron chi connectivity index (χ0n) is 21.7. The maximum atomic E-state index is 13.4. The molecule has 2 heterocycles. The molecule has 194 valence electrons. The van der Waals surface area contributed by atoms with Gasteiger partial charge in [-0.2, -0.15) is 0 Å². The van der Waals surface area contributed by atoms with E-state index in [4.69, 9.17) is 9.47 Å². The molecule has 0 radical (unpaired) electrons. The topological polar surface area (TPSA) is 101 Å². The molecule has 0 unspecified atom stereocenters. The normalized spacial score (nSPS) is 21.0. The Kier molecular flexibility index (Phi) is 9.41. The molecule has 2 aromatic rings. The van der Waals surface area contributed by atoms with Gasteiger partial charge in [0.15, 0.2) is 0 Å². The SMILES string of the molecule is CCC(=O)Nc1ccc2c(c1)OC[C@H](C)N(C(=O)Cc1cccnc1)C[C@@H](C)[C@@H](OC)CN(C)C2=O. The van der Waals surface area contributed by atoms with Gasteiger partial charge in [-0.1, -0.05) is 19.9 Å². The first-order chi connectivity index (χ1) is 17.2. The number of fused-ring (bicyclic) bond motifs is 1. The maximum Gasteiger partial charge on any atom is 0.257 e. The minimum absolute atomic E-state index is 0.0314. The molecule has 1 aliphatic heterocycles. The Morgan fingerprint density at radius 2 is 2.00 bits per heavy atom. The first-order valence-corrected chi connectivity index (χ1v) is 12.3. The number of amides is 3. The molecule has 0 fully saturated rings. The third-order valence-corrected chi connectivity index (χ3v) is 6.45. The number of methoxy groups -OCH3 is 1. The molecule has 3 atom stereocenters. The molecule has 36 heavy (non-hydrogen) atoms. The smallest absolute Gasteiger partial charge is 0.257 e. The van der Waals surface area contributed by atoms with Gasteiger partial charge >= 0.3 is 0 Å². The lowest BCUT2D eigenvalue weighted by Gasteiger charge is -2.36. The van der Waals surface area contributed by atoms with Crippen LogP contribution in [0.3, 0.4) is 0 Å². The van der Waals surface area contributed by atoms with E-state index < -0.39 is 0 Å². The molecule has 1 aromatic heterocycles. The van der Waals surface area contributed by atoms with E-state index in [1.54, 1.807) is 56.6 Å². The highest BCUT2D eigenvalue weighted by Gasteiger charge is 2.30. The maximum absolute atomic E-state index is 13.4. The predicted molar refractivity (Wildman–Crippen MR) is 137 cm³/mol. The van der Waals surface area contributed by atoms with Crippen molar-refractivity contribution < 1.29 is 23.9 Å². The van der Waals surface area contributed by atoms with Crippen LogP contribution in [0, 0.1) is 5.92 Å². The summed E-state index contributed by atoms with van der Waals surface area (Å²) in [7, 11) is 3.34. The number of aromatic nitrogens is 1. The summed E-state index contributed by atoms with van der Waals surface area (Å²) in [5.74, 6) is -0.0493. The third-order valence-electron chi connectivity index (χ3n) is 6.45. The highest BCUT2D eigenvalue weighted by atomic mass is 16.5. The quantitative estimate of drug-likeness (QED) is 0.683. The second-order valence-electron chi connectivity index (χ2n) is 9.29. The number of nitrogens with zero attached hydrogens (tertiary/aromatic N) is 3. The summed E-state index contributed by atoms with van der Waals surface area (Å²) in [5.41, 5.74) is 1.77. The number of pyridine rings is 1. The van der Waals surface area contributed by atoms with Crippen molar-refractivity contribution in [2.45, 2.75) is 45.8 Å². The first kappa shape index (κ1) is 27.1. The highest BCUT2D eigenvalue weighted by Crippen LogP contribution is 2.27. The summed E-state index contributed by atoms with van der Waals surface area (Å²) in [4.78, 5) is 46.1. The number of rotatable bonds is 5. The van der Waals surface area contributed by atoms with Gasteiger partial charge in [0.2, 0.25) is 11.8 Å². The standard InChI is InChI=1S/C27H36N4O5/c1-6-25(32)29-21-9-10-22-23(13-21)36-17-19(3)31(26(33)12-20-8-7-11-28-14-20)15-18(2)24(35-5)16-30(4)27(22)34/h7-11,13-14,18-19,24H,6,12,15-17H2,1-5H3,(H,29,32)/t18-,19+,24+/m1/s1. The molecule has 9 nitrogen and oxygen atoms in total. The van der Waals surface area contributed by atoms with E-state index in [9.17, 15) is 14.4 Å². The molecule has 0 saturated heterocycles. The zero-order valence-corrected chi connectivity index (χ0v) is 21.7. The van der Waals surface area contributed by atoms with Gasteiger partial charge in [0.1, 0.15) is 12.4 Å². The Labute approximate surface area is 212 Å². The molecule has 1 aromatic carbocycles. The van der Waals surface area contributed by atoms with E-state index in [1.165, 1.54) is 0 Å². The number of hydrogen-bond acceptors (Lipinski definition) is 6. The van der Waals surface area contributed by atoms with Crippen LogP contribution in [0.4, 0.5) is 5.69 Å². The van der Waals surface area contributed by atoms with Crippen molar-refractivity contribution >= 4 is 23.4 Å². The molecule has 0 bridgehead atoms. The Hall–Kier alpha value is -3.46. The molecule has 1 N–H and O–H groups in total. The van der Waals surface area contributed by atoms with E-state index in [1.807, 2.05) is 30.9 Å². The van der Waals surface area contributed by atoms with Gasteiger partial charge in [-0.15, -0.1) is 0 Å². The van der Waals surface area contributed by atoms with E-state index in [2.05, 4.69) is 10.3 Å². The minimum Gasteiger partial charge on any atom is -0.491 e. The lowest BCUT2D eigenvalue weighted by atomic mass is 10.0. The van der Waals surface area contributed by atoms with Crippen molar-refractivity contribution in [2.24, 2.45) is 5.92 Å². The largest absolute Gasteiger partial charge is 0.491 e. The van der Waals surface area contributed by atoms with Crippen LogP contribution in [0.25, 0.3) is 0 Å². The van der Waals surface area contributed by atoms with Crippen LogP contribution in [-0.2, 0) is 20.7 Å². The van der Waals surface area contributed by atoms with Gasteiger partial charge in [0, 0.05) is 63.7 Å². The number of hydrogen-bond donors (Lipinski definition) is 1. The first-order valence-electron chi connectivity index (χ1n) is 12.3. The van der Waals surface area contributed by atoms with Crippen molar-refractivity contribution in [3.05, 3.63) is 53.9 Å². The van der Waals surface area contributed by atoms with Crippen molar-refractivity contribution in [3.8, 4) is 5.75 Å². The van der Waals surface area contributed by atoms with Gasteiger partial charge in [-0.05, 0) is 30.7 Å². The summed E-state index contributed by atoms with van der Waals surface area (Å²) in [5, 5.41) is 2.81. The lowest BCUT2D eigenvalue weighted by Crippen LogP contribution is -2.49. The van der Waals surface area contributed by atoms with E-state index in [0.29, 0.717) is 36.5 Å². The average molecular weight is 497 g/mol. The molecule has 9 heteroatoms. The van der Waals surface area contributed by atoms with Gasteiger partial charge < -0.3 is 24.6 Å². The number of carbonyl (C=O) groups is 3. The van der Waals surface area contributed by atoms with Crippen LogP contribution < -0.4 is 10.1 Å². The fraction of sp³-hybridized carbons (Fsp3) is 0.481. The summed E-state index contributed by atoms with van der Waals surface area (Å²) in [6.45, 7) is 6.69. The fourth-order valence-corrected chi connectivity index (χ4v) is 4.23. The number of benzene rings is 1. The number of carbonyl (C=O) groups excluding carboxylic acids is 3. The van der Waals surface area contributed by atoms with Crippen molar-refractivity contribution in [1.29, 1.82) is 0 Å². The van der Waals surface area contributed by atoms with Crippen molar-refractivity contribution in [2.75, 3.05) is 39.2 Å². The molecular formula is C27H36N4O5. The van der Waals surface area contributed by atoms with Crippen LogP contribution in [-0.4, -0.2) is 78.5 Å². The highest BCUT2D eigenvalue weighted by molar-refractivity contribution is 5.98. The molecule has 0 aliphatic carbocycles. The number of nitrogens with one attached hydrogen (secondary N) is 1. The summed E-state index contributed by atoms with van der Waals surface area (Å²) in [6.07, 6.45) is 3.66. The Morgan fingerprint density at radius 1 is 1.22 bits per heavy atom. The van der Waals surface area contributed by atoms with Crippen molar-refractivity contribution in [1.82, 2.24) is 14.8 Å². The molecule has 0 saturated carbocycles. The summed E-state index contributed by atoms with van der Waals surface area (Å²) >= 11 is 0. The second kappa shape index (κ2) is 12.5. The van der Waals surface area contributed by atoms with Crippen LogP contribution in [0.1, 0.15) is 43.1 Å². The Bertz CT molecular complexity index is 1060. The van der Waals surface area contributed by atoms with E-state index in [-0.39, 0.29) is 48.8 Å². The Morgan fingerprint density at radius 3 is 2.67 bits per heavy atom. The average Bonchev–Trinajstić information content (AvgIpc) is 2.88. The van der Waals surface area contributed by atoms with Crippen molar-refractivity contribution in [3.63, 3.8) is 0 Å². The molecular weight excluding hydrogens is 460 g/mol. The van der Waals surface area contributed by atoms with Gasteiger partial charge in [0.25, 0.3) is 5.91 Å². The summed E-state index contributed by atoms with van der Waals surface area (Å²) < 4.78 is 11.9. The third kappa shape index (κ3) is 6.81. The lowest BCUT2D eigenvalue weighted by molar-refractivity contribution is -0.134. The zero-order chi connectivity index (χ0) is 26.2. The Balaban J connectivity index is 1.94. The molecule has 3 amide bonds. The molecule has 3 rings (SSSR count). The molecule has 0 spiro atoms. The predicted octanol–water partition coefficient (Wildman–Crippen LogP) is 3.01. The molecule has 1 aliphatic rings. The number of anilines is 1. The fourth-order valence-electron chi connectivity index (χ4n) is 4.23. The van der Waals surface area contributed by atoms with Gasteiger partial charge in [-0.25, -0.2) is 0 Å². The summed E-state index contributed by atoms with van der Waals surface area (Å²) in [6, 6.07) is 8.43. The second-order valence-corrected chi connectivity index (χ2v) is 9.29. The van der Waals surface area contributed by atoms with Gasteiger partial charge in [-0.3, -0.25) is 19.4 Å². The van der Waals surface area contributed by atoms with Gasteiger partial charge in [0.05, 0.1) is 24.1 Å². The monoisotopic (exact) mass is 496 g/mol. The number of ether oxygens (including phenoxy) is 2. The van der Waals surface area contributed by atoms with Crippen LogP contribution >= 0.6 is 0 Å². The number of likely N-dealkylation sites (N-methyl/N-ethyl adjacent to an activating group) is 1. The van der Waals surface area contributed by atoms with Crippen LogP contribution in [0.5, 0.6) is 5.75 Å². The van der Waals surface area contributed by atoms with E-state index >= 15 is 0 Å².